The van der Waals surface area contributed by atoms with Gasteiger partial charge in [0.05, 0.1) is 13.2 Å². The molecule has 0 bridgehead atoms. The van der Waals surface area contributed by atoms with Gasteiger partial charge in [0.2, 0.25) is 5.91 Å². The zero-order valence-electron chi connectivity index (χ0n) is 12.3. The smallest absolute Gasteiger partial charge is 0.253 e. The van der Waals surface area contributed by atoms with Crippen molar-refractivity contribution in [3.05, 3.63) is 42.0 Å². The standard InChI is InChI=1S/C16H20N2O3/c1-16(15(20)17-2)12-18(10-11-21-16)14(19)9-8-13-6-4-3-5-7-13/h3-9H,10-12H2,1-2H3,(H,17,20)/b9-8+. The van der Waals surface area contributed by atoms with E-state index in [-0.39, 0.29) is 18.4 Å². The molecule has 1 aromatic carbocycles. The van der Waals surface area contributed by atoms with Gasteiger partial charge in [0.15, 0.2) is 5.60 Å². The van der Waals surface area contributed by atoms with Crippen LogP contribution in [-0.2, 0) is 14.3 Å². The van der Waals surface area contributed by atoms with E-state index in [2.05, 4.69) is 5.32 Å². The summed E-state index contributed by atoms with van der Waals surface area (Å²) in [6.45, 7) is 2.80. The van der Waals surface area contributed by atoms with Crippen LogP contribution in [0.1, 0.15) is 12.5 Å². The van der Waals surface area contributed by atoms with Crippen LogP contribution in [0.25, 0.3) is 6.08 Å². The molecule has 0 saturated carbocycles. The molecule has 112 valence electrons. The molecule has 21 heavy (non-hydrogen) atoms. The normalized spacial score (nSPS) is 22.3. The minimum Gasteiger partial charge on any atom is -0.362 e. The lowest BCUT2D eigenvalue weighted by molar-refractivity contribution is -0.160. The summed E-state index contributed by atoms with van der Waals surface area (Å²) in [6, 6.07) is 9.62. The minimum absolute atomic E-state index is 0.114. The van der Waals surface area contributed by atoms with Crippen LogP contribution in [0.4, 0.5) is 0 Å². The summed E-state index contributed by atoms with van der Waals surface area (Å²) in [6.07, 6.45) is 3.31. The fourth-order valence-electron chi connectivity index (χ4n) is 2.30. The lowest BCUT2D eigenvalue weighted by atomic mass is 10.0. The summed E-state index contributed by atoms with van der Waals surface area (Å²) in [5.74, 6) is -0.329. The van der Waals surface area contributed by atoms with Gasteiger partial charge < -0.3 is 15.0 Å². The van der Waals surface area contributed by atoms with E-state index in [1.807, 2.05) is 30.3 Å². The molecule has 5 nitrogen and oxygen atoms in total. The highest BCUT2D eigenvalue weighted by atomic mass is 16.5. The Balaban J connectivity index is 2.03. The van der Waals surface area contributed by atoms with Crippen LogP contribution >= 0.6 is 0 Å². The highest BCUT2D eigenvalue weighted by Crippen LogP contribution is 2.18. The van der Waals surface area contributed by atoms with Crippen molar-refractivity contribution >= 4 is 17.9 Å². The number of hydrogen-bond acceptors (Lipinski definition) is 3. The van der Waals surface area contributed by atoms with Gasteiger partial charge in [-0.2, -0.15) is 0 Å². The molecule has 1 fully saturated rings. The van der Waals surface area contributed by atoms with Crippen molar-refractivity contribution in [2.45, 2.75) is 12.5 Å². The number of nitrogens with zero attached hydrogens (tertiary/aromatic N) is 1. The Morgan fingerprint density at radius 2 is 2.05 bits per heavy atom. The SMILES string of the molecule is CNC(=O)C1(C)CN(C(=O)/C=C/c2ccccc2)CCO1. The fraction of sp³-hybridized carbons (Fsp3) is 0.375. The Hall–Kier alpha value is -2.14. The van der Waals surface area contributed by atoms with Gasteiger partial charge in [-0.3, -0.25) is 9.59 Å². The predicted molar refractivity (Wildman–Crippen MR) is 80.5 cm³/mol. The third-order valence-electron chi connectivity index (χ3n) is 3.51. The third kappa shape index (κ3) is 3.70. The molecule has 0 aliphatic carbocycles. The van der Waals surface area contributed by atoms with Crippen LogP contribution in [0, 0.1) is 0 Å². The summed E-state index contributed by atoms with van der Waals surface area (Å²) in [7, 11) is 1.56. The topological polar surface area (TPSA) is 58.6 Å². The first-order valence-electron chi connectivity index (χ1n) is 6.93. The number of ether oxygens (including phenoxy) is 1. The molecule has 5 heteroatoms. The Kier molecular flexibility index (Phi) is 4.75. The van der Waals surface area contributed by atoms with E-state index in [4.69, 9.17) is 4.74 Å². The predicted octanol–water partition coefficient (Wildman–Crippen LogP) is 1.06. The molecule has 0 aromatic heterocycles. The van der Waals surface area contributed by atoms with E-state index in [0.717, 1.165) is 5.56 Å². The molecule has 1 aromatic rings. The van der Waals surface area contributed by atoms with Crippen LogP contribution in [-0.4, -0.2) is 49.1 Å². The first-order chi connectivity index (χ1) is 10.0. The van der Waals surface area contributed by atoms with E-state index in [1.54, 1.807) is 24.9 Å². The molecule has 0 radical (unpaired) electrons. The van der Waals surface area contributed by atoms with Crippen molar-refractivity contribution < 1.29 is 14.3 Å². The van der Waals surface area contributed by atoms with Gasteiger partial charge in [-0.15, -0.1) is 0 Å². The maximum Gasteiger partial charge on any atom is 0.253 e. The first-order valence-corrected chi connectivity index (χ1v) is 6.93. The van der Waals surface area contributed by atoms with Crippen molar-refractivity contribution in [2.24, 2.45) is 0 Å². The number of amides is 2. The number of morpholine rings is 1. The van der Waals surface area contributed by atoms with Crippen molar-refractivity contribution in [3.8, 4) is 0 Å². The number of likely N-dealkylation sites (N-methyl/N-ethyl adjacent to an activating group) is 1. The first kappa shape index (κ1) is 15.3. The van der Waals surface area contributed by atoms with E-state index < -0.39 is 5.60 Å². The highest BCUT2D eigenvalue weighted by molar-refractivity contribution is 5.93. The Bertz CT molecular complexity index is 542. The van der Waals surface area contributed by atoms with E-state index in [9.17, 15) is 9.59 Å². The average molecular weight is 288 g/mol. The van der Waals surface area contributed by atoms with Crippen LogP contribution in [0.3, 0.4) is 0 Å². The number of benzene rings is 1. The molecule has 1 aliphatic rings. The van der Waals surface area contributed by atoms with Crippen molar-refractivity contribution in [1.82, 2.24) is 10.2 Å². The zero-order valence-corrected chi connectivity index (χ0v) is 12.3. The van der Waals surface area contributed by atoms with E-state index in [1.165, 1.54) is 6.08 Å². The van der Waals surface area contributed by atoms with Gasteiger partial charge in [0.25, 0.3) is 5.91 Å². The van der Waals surface area contributed by atoms with Gasteiger partial charge in [-0.1, -0.05) is 30.3 Å². The second kappa shape index (κ2) is 6.54. The number of hydrogen-bond donors (Lipinski definition) is 1. The quantitative estimate of drug-likeness (QED) is 0.846. The van der Waals surface area contributed by atoms with Gasteiger partial charge in [0, 0.05) is 19.7 Å². The van der Waals surface area contributed by atoms with Crippen molar-refractivity contribution in [2.75, 3.05) is 26.7 Å². The number of nitrogens with one attached hydrogen (secondary N) is 1. The molecule has 1 heterocycles. The molecule has 2 amide bonds. The molecule has 1 unspecified atom stereocenters. The summed E-state index contributed by atoms with van der Waals surface area (Å²) >= 11 is 0. The lowest BCUT2D eigenvalue weighted by Crippen LogP contribution is -2.58. The van der Waals surface area contributed by atoms with Gasteiger partial charge in [-0.05, 0) is 18.6 Å². The number of carbonyl (C=O) groups is 2. The maximum absolute atomic E-state index is 12.2. The number of rotatable bonds is 3. The number of carbonyl (C=O) groups excluding carboxylic acids is 2. The fourth-order valence-corrected chi connectivity index (χ4v) is 2.30. The molecule has 1 aliphatic heterocycles. The third-order valence-corrected chi connectivity index (χ3v) is 3.51. The van der Waals surface area contributed by atoms with E-state index >= 15 is 0 Å². The van der Waals surface area contributed by atoms with Crippen molar-refractivity contribution in [3.63, 3.8) is 0 Å². The van der Waals surface area contributed by atoms with Gasteiger partial charge >= 0.3 is 0 Å². The van der Waals surface area contributed by atoms with Gasteiger partial charge in [0.1, 0.15) is 0 Å². The van der Waals surface area contributed by atoms with Crippen LogP contribution in [0.5, 0.6) is 0 Å². The summed E-state index contributed by atoms with van der Waals surface area (Å²) < 4.78 is 5.53. The summed E-state index contributed by atoms with van der Waals surface area (Å²) in [5, 5.41) is 2.57. The molecule has 1 atom stereocenters. The Labute approximate surface area is 124 Å². The molecule has 1 saturated heterocycles. The van der Waals surface area contributed by atoms with Crippen LogP contribution < -0.4 is 5.32 Å². The molecule has 2 rings (SSSR count). The second-order valence-electron chi connectivity index (χ2n) is 5.16. The minimum atomic E-state index is -0.983. The molecular weight excluding hydrogens is 268 g/mol. The van der Waals surface area contributed by atoms with E-state index in [0.29, 0.717) is 13.2 Å². The zero-order chi connectivity index (χ0) is 15.3. The van der Waals surface area contributed by atoms with Crippen LogP contribution in [0.2, 0.25) is 0 Å². The molecule has 1 N–H and O–H groups in total. The van der Waals surface area contributed by atoms with Crippen molar-refractivity contribution in [1.29, 1.82) is 0 Å². The highest BCUT2D eigenvalue weighted by Gasteiger charge is 2.39. The Morgan fingerprint density at radius 3 is 2.71 bits per heavy atom. The van der Waals surface area contributed by atoms with Gasteiger partial charge in [-0.25, -0.2) is 0 Å². The monoisotopic (exact) mass is 288 g/mol. The summed E-state index contributed by atoms with van der Waals surface area (Å²) in [4.78, 5) is 25.7. The second-order valence-corrected chi connectivity index (χ2v) is 5.16. The maximum atomic E-state index is 12.2. The lowest BCUT2D eigenvalue weighted by Gasteiger charge is -2.38. The summed E-state index contributed by atoms with van der Waals surface area (Å²) in [5.41, 5.74) is -0.0170. The molecular formula is C16H20N2O3. The Morgan fingerprint density at radius 1 is 1.33 bits per heavy atom. The molecule has 0 spiro atoms. The average Bonchev–Trinajstić information content (AvgIpc) is 2.52. The largest absolute Gasteiger partial charge is 0.362 e. The van der Waals surface area contributed by atoms with Crippen LogP contribution in [0.15, 0.2) is 36.4 Å².